The maximum absolute atomic E-state index is 12.3. The number of guanidine groups is 1. The van der Waals surface area contributed by atoms with Gasteiger partial charge in [0.15, 0.2) is 15.8 Å². The molecule has 2 fully saturated rings. The van der Waals surface area contributed by atoms with Gasteiger partial charge in [-0.15, -0.1) is 0 Å². The van der Waals surface area contributed by atoms with Crippen molar-refractivity contribution in [2.75, 3.05) is 45.0 Å². The molecule has 1 N–H and O–H groups in total. The van der Waals surface area contributed by atoms with Gasteiger partial charge >= 0.3 is 0 Å². The third-order valence-electron chi connectivity index (χ3n) is 6.32. The van der Waals surface area contributed by atoms with Crippen molar-refractivity contribution < 1.29 is 12.8 Å². The number of hydrogen-bond donors (Lipinski definition) is 1. The Morgan fingerprint density at radius 2 is 1.97 bits per heavy atom. The van der Waals surface area contributed by atoms with E-state index in [2.05, 4.69) is 20.1 Å². The third-order valence-corrected chi connectivity index (χ3v) is 8.85. The average Bonchev–Trinajstić information content (AvgIpc) is 2.99. The van der Waals surface area contributed by atoms with E-state index in [0.29, 0.717) is 19.0 Å². The number of oxazole rings is 1. The minimum Gasteiger partial charge on any atom is -0.444 e. The van der Waals surface area contributed by atoms with Crippen LogP contribution in [0.4, 0.5) is 0 Å². The van der Waals surface area contributed by atoms with Crippen LogP contribution >= 0.6 is 0 Å². The first-order valence-corrected chi connectivity index (χ1v) is 12.7. The Morgan fingerprint density at radius 3 is 2.53 bits per heavy atom. The molecule has 9 heteroatoms. The summed E-state index contributed by atoms with van der Waals surface area (Å²) < 4.78 is 29.6. The van der Waals surface area contributed by atoms with Crippen LogP contribution in [0.1, 0.15) is 51.0 Å². The highest BCUT2D eigenvalue weighted by Crippen LogP contribution is 2.24. The molecule has 0 amide bonds. The first-order chi connectivity index (χ1) is 14.1. The molecule has 0 atom stereocenters. The fraction of sp³-hybridized carbons (Fsp3) is 0.810. The highest BCUT2D eigenvalue weighted by atomic mass is 32.2. The van der Waals surface area contributed by atoms with Gasteiger partial charge in [0.1, 0.15) is 5.76 Å². The van der Waals surface area contributed by atoms with Crippen molar-refractivity contribution in [3.05, 3.63) is 17.3 Å². The second kappa shape index (κ2) is 9.26. The van der Waals surface area contributed by atoms with E-state index in [1.165, 1.54) is 0 Å². The van der Waals surface area contributed by atoms with Crippen LogP contribution in [0.3, 0.4) is 0 Å². The van der Waals surface area contributed by atoms with Gasteiger partial charge in [0, 0.05) is 26.2 Å². The van der Waals surface area contributed by atoms with E-state index in [9.17, 15) is 8.42 Å². The largest absolute Gasteiger partial charge is 0.444 e. The molecule has 170 valence electrons. The van der Waals surface area contributed by atoms with E-state index in [4.69, 9.17) is 9.41 Å². The fourth-order valence-electron chi connectivity index (χ4n) is 4.09. The van der Waals surface area contributed by atoms with Crippen molar-refractivity contribution in [1.82, 2.24) is 20.1 Å². The average molecular weight is 440 g/mol. The van der Waals surface area contributed by atoms with Gasteiger partial charge in [-0.05, 0) is 66.5 Å². The van der Waals surface area contributed by atoms with E-state index < -0.39 is 14.6 Å². The maximum Gasteiger partial charge on any atom is 0.208 e. The van der Waals surface area contributed by atoms with Crippen LogP contribution in [0.2, 0.25) is 0 Å². The minimum absolute atomic E-state index is 0.183. The molecule has 0 spiro atoms. The third kappa shape index (κ3) is 5.35. The van der Waals surface area contributed by atoms with Crippen LogP contribution in [0, 0.1) is 19.8 Å². The number of nitrogens with zero attached hydrogens (tertiary/aromatic N) is 4. The molecule has 2 saturated heterocycles. The van der Waals surface area contributed by atoms with Gasteiger partial charge in [-0.25, -0.2) is 13.4 Å². The molecule has 3 rings (SSSR count). The van der Waals surface area contributed by atoms with Gasteiger partial charge in [-0.3, -0.25) is 9.89 Å². The van der Waals surface area contributed by atoms with Crippen LogP contribution in [0.25, 0.3) is 0 Å². The van der Waals surface area contributed by atoms with E-state index in [1.807, 2.05) is 34.6 Å². The molecule has 1 aromatic rings. The standard InChI is InChI=1S/C21H37N5O3S/c1-6-22-20(26-11-12-30(27,28)21(4,5)15-26)23-13-18-7-9-25(10-8-18)14-19-24-16(2)17(3)29-19/h18H,6-15H2,1-5H3,(H,22,23). The Balaban J connectivity index is 1.53. The second-order valence-electron chi connectivity index (χ2n) is 9.16. The summed E-state index contributed by atoms with van der Waals surface area (Å²) in [6, 6.07) is 0. The van der Waals surface area contributed by atoms with Crippen molar-refractivity contribution in [1.29, 1.82) is 0 Å². The van der Waals surface area contributed by atoms with E-state index in [-0.39, 0.29) is 5.75 Å². The summed E-state index contributed by atoms with van der Waals surface area (Å²) in [5.41, 5.74) is 0.971. The molecule has 3 heterocycles. The number of nitrogens with one attached hydrogen (secondary N) is 1. The zero-order valence-electron chi connectivity index (χ0n) is 19.1. The summed E-state index contributed by atoms with van der Waals surface area (Å²) in [4.78, 5) is 13.9. The predicted octanol–water partition coefficient (Wildman–Crippen LogP) is 1.98. The van der Waals surface area contributed by atoms with Crippen molar-refractivity contribution in [2.24, 2.45) is 10.9 Å². The Hall–Kier alpha value is -1.61. The molecule has 2 aliphatic rings. The van der Waals surface area contributed by atoms with Crippen molar-refractivity contribution in [2.45, 2.75) is 58.8 Å². The highest BCUT2D eigenvalue weighted by molar-refractivity contribution is 7.92. The number of rotatable bonds is 5. The van der Waals surface area contributed by atoms with E-state index in [1.54, 1.807) is 0 Å². The number of aryl methyl sites for hydroxylation is 2. The van der Waals surface area contributed by atoms with Crippen molar-refractivity contribution in [3.8, 4) is 0 Å². The summed E-state index contributed by atoms with van der Waals surface area (Å²) in [6.07, 6.45) is 2.20. The molecule has 30 heavy (non-hydrogen) atoms. The van der Waals surface area contributed by atoms with Crippen molar-refractivity contribution >= 4 is 15.8 Å². The first kappa shape index (κ1) is 23.1. The number of aromatic nitrogens is 1. The molecule has 0 aromatic carbocycles. The fourth-order valence-corrected chi connectivity index (χ4v) is 5.46. The highest BCUT2D eigenvalue weighted by Gasteiger charge is 2.41. The molecule has 1 aromatic heterocycles. The smallest absolute Gasteiger partial charge is 0.208 e. The molecular formula is C21H37N5O3S. The maximum atomic E-state index is 12.3. The van der Waals surface area contributed by atoms with Gasteiger partial charge < -0.3 is 14.6 Å². The Labute approximate surface area is 181 Å². The number of hydrogen-bond acceptors (Lipinski definition) is 6. The number of piperidine rings is 1. The van der Waals surface area contributed by atoms with Crippen LogP contribution in [0.15, 0.2) is 9.41 Å². The monoisotopic (exact) mass is 439 g/mol. The van der Waals surface area contributed by atoms with Gasteiger partial charge in [0.2, 0.25) is 5.89 Å². The predicted molar refractivity (Wildman–Crippen MR) is 119 cm³/mol. The summed E-state index contributed by atoms with van der Waals surface area (Å²) in [7, 11) is -3.05. The zero-order chi connectivity index (χ0) is 21.9. The van der Waals surface area contributed by atoms with Crippen LogP contribution in [0.5, 0.6) is 0 Å². The first-order valence-electron chi connectivity index (χ1n) is 11.0. The molecule has 0 saturated carbocycles. The molecule has 0 aliphatic carbocycles. The van der Waals surface area contributed by atoms with Crippen molar-refractivity contribution in [3.63, 3.8) is 0 Å². The molecule has 2 aliphatic heterocycles. The zero-order valence-corrected chi connectivity index (χ0v) is 19.9. The SMILES string of the molecule is CCNC(=NCC1CCN(Cc2nc(C)c(C)o2)CC1)N1CCS(=O)(=O)C(C)(C)C1. The number of likely N-dealkylation sites (tertiary alicyclic amines) is 1. The van der Waals surface area contributed by atoms with Gasteiger partial charge in [-0.2, -0.15) is 0 Å². The lowest BCUT2D eigenvalue weighted by atomic mass is 9.97. The second-order valence-corrected chi connectivity index (χ2v) is 11.9. The summed E-state index contributed by atoms with van der Waals surface area (Å²) in [5, 5.41) is 3.36. The van der Waals surface area contributed by atoms with Crippen LogP contribution < -0.4 is 5.32 Å². The molecule has 0 unspecified atom stereocenters. The number of aliphatic imine (C=N–C) groups is 1. The van der Waals surface area contributed by atoms with E-state index in [0.717, 1.165) is 68.9 Å². The molecule has 8 nitrogen and oxygen atoms in total. The quantitative estimate of drug-likeness (QED) is 0.554. The normalized spacial score (nSPS) is 23.0. The van der Waals surface area contributed by atoms with Gasteiger partial charge in [0.25, 0.3) is 0 Å². The molecular weight excluding hydrogens is 402 g/mol. The Bertz CT molecular complexity index is 834. The Kier molecular flexibility index (Phi) is 7.12. The summed E-state index contributed by atoms with van der Waals surface area (Å²) >= 11 is 0. The van der Waals surface area contributed by atoms with E-state index >= 15 is 0 Å². The lowest BCUT2D eigenvalue weighted by Crippen LogP contribution is -2.57. The molecule has 0 bridgehead atoms. The summed E-state index contributed by atoms with van der Waals surface area (Å²) in [5.74, 6) is 3.28. The molecule has 0 radical (unpaired) electrons. The lowest BCUT2D eigenvalue weighted by molar-refractivity contribution is 0.166. The minimum atomic E-state index is -3.05. The number of sulfone groups is 1. The Morgan fingerprint density at radius 1 is 1.27 bits per heavy atom. The lowest BCUT2D eigenvalue weighted by Gasteiger charge is -2.39. The van der Waals surface area contributed by atoms with Crippen LogP contribution in [-0.2, 0) is 16.4 Å². The summed E-state index contributed by atoms with van der Waals surface area (Å²) in [6.45, 7) is 14.9. The van der Waals surface area contributed by atoms with Crippen LogP contribution in [-0.4, -0.2) is 78.9 Å². The topological polar surface area (TPSA) is 91.0 Å². The van der Waals surface area contributed by atoms with Gasteiger partial charge in [-0.1, -0.05) is 0 Å². The van der Waals surface area contributed by atoms with Gasteiger partial charge in [0.05, 0.1) is 22.7 Å².